The summed E-state index contributed by atoms with van der Waals surface area (Å²) in [5.74, 6) is -0.790. The van der Waals surface area contributed by atoms with Crippen molar-refractivity contribution >= 4 is 17.6 Å². The van der Waals surface area contributed by atoms with Gasteiger partial charge in [-0.15, -0.1) is 0 Å². The predicted octanol–water partition coefficient (Wildman–Crippen LogP) is 2.78. The molecule has 0 atom stereocenters. The fourth-order valence-electron chi connectivity index (χ4n) is 2.37. The first-order valence-corrected chi connectivity index (χ1v) is 5.50. The average molecular weight is 241 g/mol. The van der Waals surface area contributed by atoms with E-state index in [-0.39, 0.29) is 10.8 Å². The lowest BCUT2D eigenvalue weighted by Gasteiger charge is -2.18. The van der Waals surface area contributed by atoms with E-state index < -0.39 is 11.4 Å². The van der Waals surface area contributed by atoms with Gasteiger partial charge in [-0.2, -0.15) is 0 Å². The number of aliphatic carboxylic acids is 1. The number of carboxylic acid groups (broad SMARTS) is 1. The highest BCUT2D eigenvalue weighted by Crippen LogP contribution is 2.52. The summed E-state index contributed by atoms with van der Waals surface area (Å²) in [6.45, 7) is 3.56. The van der Waals surface area contributed by atoms with E-state index in [0.29, 0.717) is 18.4 Å². The maximum absolute atomic E-state index is 11.3. The van der Waals surface area contributed by atoms with Gasteiger partial charge in [0.2, 0.25) is 0 Å². The molecule has 1 saturated carbocycles. The van der Waals surface area contributed by atoms with Gasteiger partial charge in [0.25, 0.3) is 0 Å². The Labute approximate surface area is 98.7 Å². The quantitative estimate of drug-likeness (QED) is 0.836. The van der Waals surface area contributed by atoms with Crippen molar-refractivity contribution in [2.45, 2.75) is 32.1 Å². The lowest BCUT2D eigenvalue weighted by atomic mass is 9.88. The van der Waals surface area contributed by atoms with Crippen molar-refractivity contribution in [2.24, 2.45) is 0 Å². The van der Waals surface area contributed by atoms with E-state index >= 15 is 0 Å². The van der Waals surface area contributed by atoms with Crippen molar-refractivity contribution in [1.82, 2.24) is 0 Å². The molecule has 0 aliphatic heterocycles. The summed E-state index contributed by atoms with van der Waals surface area (Å²) >= 11 is 5.95. The molecule has 3 nitrogen and oxygen atoms in total. The van der Waals surface area contributed by atoms with Crippen LogP contribution in [-0.2, 0) is 10.2 Å². The van der Waals surface area contributed by atoms with E-state index in [0.717, 1.165) is 11.1 Å². The molecule has 0 bridgehead atoms. The molecule has 4 heteroatoms. The second-order valence-electron chi connectivity index (χ2n) is 4.41. The van der Waals surface area contributed by atoms with Crippen LogP contribution in [0.3, 0.4) is 0 Å². The maximum atomic E-state index is 11.3. The Kier molecular flexibility index (Phi) is 2.39. The van der Waals surface area contributed by atoms with Crippen LogP contribution in [0.1, 0.15) is 29.5 Å². The molecule has 0 radical (unpaired) electrons. The number of halogens is 1. The third-order valence-electron chi connectivity index (χ3n) is 3.31. The molecular weight excluding hydrogens is 228 g/mol. The van der Waals surface area contributed by atoms with Crippen molar-refractivity contribution in [1.29, 1.82) is 0 Å². The number of carbonyl (C=O) groups is 1. The van der Waals surface area contributed by atoms with E-state index in [1.54, 1.807) is 13.8 Å². The minimum Gasteiger partial charge on any atom is -0.506 e. The van der Waals surface area contributed by atoms with E-state index in [4.69, 9.17) is 11.6 Å². The summed E-state index contributed by atoms with van der Waals surface area (Å²) in [7, 11) is 0. The summed E-state index contributed by atoms with van der Waals surface area (Å²) in [6, 6.07) is 1.54. The van der Waals surface area contributed by atoms with Crippen LogP contribution in [0.2, 0.25) is 5.02 Å². The summed E-state index contributed by atoms with van der Waals surface area (Å²) in [6.07, 6.45) is 1.29. The molecule has 0 amide bonds. The first-order valence-electron chi connectivity index (χ1n) is 5.12. The highest BCUT2D eigenvalue weighted by molar-refractivity contribution is 6.33. The van der Waals surface area contributed by atoms with Crippen LogP contribution in [0, 0.1) is 13.8 Å². The number of phenolic OH excluding ortho intramolecular Hbond substituents is 1. The smallest absolute Gasteiger partial charge is 0.314 e. The number of benzene rings is 1. The summed E-state index contributed by atoms with van der Waals surface area (Å²) in [5, 5.41) is 19.1. The summed E-state index contributed by atoms with van der Waals surface area (Å²) in [5.41, 5.74) is 1.46. The van der Waals surface area contributed by atoms with Gasteiger partial charge in [-0.25, -0.2) is 0 Å². The fraction of sp³-hybridized carbons (Fsp3) is 0.417. The highest BCUT2D eigenvalue weighted by atomic mass is 35.5. The molecule has 16 heavy (non-hydrogen) atoms. The largest absolute Gasteiger partial charge is 0.506 e. The molecule has 1 aromatic carbocycles. The minimum atomic E-state index is -0.805. The van der Waals surface area contributed by atoms with E-state index in [2.05, 4.69) is 0 Å². The standard InChI is InChI=1S/C12H13ClO3/c1-6-5-8(14)10(13)7(2)9(6)12(3-4-12)11(15)16/h5,14H,3-4H2,1-2H3,(H,15,16). The molecule has 1 aliphatic rings. The van der Waals surface area contributed by atoms with Crippen molar-refractivity contribution in [3.63, 3.8) is 0 Å². The van der Waals surface area contributed by atoms with Gasteiger partial charge in [-0.05, 0) is 49.4 Å². The highest BCUT2D eigenvalue weighted by Gasteiger charge is 2.53. The number of hydrogen-bond acceptors (Lipinski definition) is 2. The van der Waals surface area contributed by atoms with Crippen LogP contribution in [0.4, 0.5) is 0 Å². The Bertz CT molecular complexity index is 476. The van der Waals surface area contributed by atoms with Crippen LogP contribution in [0.25, 0.3) is 0 Å². The molecule has 0 saturated heterocycles. The number of hydrogen-bond donors (Lipinski definition) is 2. The molecule has 1 aliphatic carbocycles. The molecule has 0 unspecified atom stereocenters. The van der Waals surface area contributed by atoms with Gasteiger partial charge < -0.3 is 10.2 Å². The van der Waals surface area contributed by atoms with Crippen LogP contribution >= 0.6 is 11.6 Å². The molecule has 1 aromatic rings. The number of aryl methyl sites for hydroxylation is 1. The van der Waals surface area contributed by atoms with Gasteiger partial charge in [0.15, 0.2) is 0 Å². The molecule has 86 valence electrons. The van der Waals surface area contributed by atoms with Crippen LogP contribution in [0.15, 0.2) is 6.07 Å². The lowest BCUT2D eigenvalue weighted by molar-refractivity contribution is -0.140. The first-order chi connectivity index (χ1) is 7.40. The molecular formula is C12H13ClO3. The van der Waals surface area contributed by atoms with Crippen molar-refractivity contribution in [2.75, 3.05) is 0 Å². The summed E-state index contributed by atoms with van der Waals surface area (Å²) in [4.78, 5) is 11.3. The van der Waals surface area contributed by atoms with Crippen LogP contribution in [0.5, 0.6) is 5.75 Å². The van der Waals surface area contributed by atoms with E-state index in [1.807, 2.05) is 0 Å². The SMILES string of the molecule is Cc1cc(O)c(Cl)c(C)c1C1(C(=O)O)CC1. The molecule has 1 fully saturated rings. The topological polar surface area (TPSA) is 57.5 Å². The third-order valence-corrected chi connectivity index (χ3v) is 3.79. The fourth-order valence-corrected chi connectivity index (χ4v) is 2.52. The second kappa shape index (κ2) is 3.39. The van der Waals surface area contributed by atoms with Gasteiger partial charge >= 0.3 is 5.97 Å². The predicted molar refractivity (Wildman–Crippen MR) is 61.1 cm³/mol. The number of carboxylic acids is 1. The first kappa shape index (κ1) is 11.3. The molecule has 0 aromatic heterocycles. The molecule has 2 rings (SSSR count). The molecule has 0 heterocycles. The normalized spacial score (nSPS) is 17.2. The van der Waals surface area contributed by atoms with E-state index in [9.17, 15) is 15.0 Å². The Morgan fingerprint density at radius 1 is 1.44 bits per heavy atom. The zero-order chi connectivity index (χ0) is 12.1. The summed E-state index contributed by atoms with van der Waals surface area (Å²) < 4.78 is 0. The van der Waals surface area contributed by atoms with E-state index in [1.165, 1.54) is 6.07 Å². The van der Waals surface area contributed by atoms with Gasteiger partial charge in [-0.1, -0.05) is 11.6 Å². The Balaban J connectivity index is 2.67. The molecule has 2 N–H and O–H groups in total. The van der Waals surface area contributed by atoms with Gasteiger partial charge in [0.05, 0.1) is 10.4 Å². The monoisotopic (exact) mass is 240 g/mol. The van der Waals surface area contributed by atoms with Crippen molar-refractivity contribution in [3.05, 3.63) is 27.8 Å². The van der Waals surface area contributed by atoms with Crippen LogP contribution in [-0.4, -0.2) is 16.2 Å². The molecule has 0 spiro atoms. The van der Waals surface area contributed by atoms with Gasteiger partial charge in [-0.3, -0.25) is 4.79 Å². The van der Waals surface area contributed by atoms with Crippen molar-refractivity contribution in [3.8, 4) is 5.75 Å². The Hall–Kier alpha value is -1.22. The number of rotatable bonds is 2. The van der Waals surface area contributed by atoms with Crippen LogP contribution < -0.4 is 0 Å². The maximum Gasteiger partial charge on any atom is 0.314 e. The zero-order valence-electron chi connectivity index (χ0n) is 9.17. The Morgan fingerprint density at radius 3 is 2.44 bits per heavy atom. The zero-order valence-corrected chi connectivity index (χ0v) is 9.93. The van der Waals surface area contributed by atoms with Gasteiger partial charge in [0.1, 0.15) is 5.75 Å². The number of phenols is 1. The second-order valence-corrected chi connectivity index (χ2v) is 4.79. The number of aromatic hydroxyl groups is 1. The van der Waals surface area contributed by atoms with Gasteiger partial charge in [0, 0.05) is 0 Å². The minimum absolute atomic E-state index is 0.0154. The average Bonchev–Trinajstić information content (AvgIpc) is 2.96. The lowest BCUT2D eigenvalue weighted by Crippen LogP contribution is -2.22. The Morgan fingerprint density at radius 2 is 2.00 bits per heavy atom. The third kappa shape index (κ3) is 1.39. The van der Waals surface area contributed by atoms with Crippen molar-refractivity contribution < 1.29 is 15.0 Å².